The van der Waals surface area contributed by atoms with Crippen molar-refractivity contribution in [2.45, 2.75) is 13.0 Å². The van der Waals surface area contributed by atoms with Crippen molar-refractivity contribution in [2.75, 3.05) is 5.73 Å². The number of nitrogen functional groups attached to an aromatic ring is 1. The minimum Gasteiger partial charge on any atom is -0.396 e. The summed E-state index contributed by atoms with van der Waals surface area (Å²) in [6.45, 7) is 1.93. The molecule has 2 rings (SSSR count). The van der Waals surface area contributed by atoms with Crippen LogP contribution < -0.4 is 11.1 Å². The third-order valence-electron chi connectivity index (χ3n) is 2.83. The van der Waals surface area contributed by atoms with Crippen molar-refractivity contribution in [3.05, 3.63) is 47.8 Å². The van der Waals surface area contributed by atoms with Crippen molar-refractivity contribution in [2.24, 2.45) is 7.05 Å². The van der Waals surface area contributed by atoms with Crippen LogP contribution in [0.5, 0.6) is 0 Å². The highest BCUT2D eigenvalue weighted by Crippen LogP contribution is 2.14. The molecule has 2 aromatic rings. The molecule has 0 saturated heterocycles. The molecule has 94 valence electrons. The second-order valence-electron chi connectivity index (χ2n) is 4.18. The summed E-state index contributed by atoms with van der Waals surface area (Å²) in [6, 6.07) is 9.69. The minimum absolute atomic E-state index is 0.0759. The number of rotatable bonds is 3. The average molecular weight is 244 g/mol. The predicted octanol–water partition coefficient (Wildman–Crippen LogP) is 1.49. The van der Waals surface area contributed by atoms with Gasteiger partial charge in [-0.3, -0.25) is 9.48 Å². The Kier molecular flexibility index (Phi) is 3.32. The van der Waals surface area contributed by atoms with E-state index < -0.39 is 0 Å². The Morgan fingerprint density at radius 2 is 2.06 bits per heavy atom. The predicted molar refractivity (Wildman–Crippen MR) is 69.9 cm³/mol. The summed E-state index contributed by atoms with van der Waals surface area (Å²) >= 11 is 0. The summed E-state index contributed by atoms with van der Waals surface area (Å²) in [5.74, 6) is -0.219. The summed E-state index contributed by atoms with van der Waals surface area (Å²) in [5, 5.41) is 6.85. The molecule has 0 aliphatic heterocycles. The number of nitrogens with two attached hydrogens (primary N) is 1. The molecule has 0 saturated carbocycles. The van der Waals surface area contributed by atoms with Crippen molar-refractivity contribution in [1.29, 1.82) is 0 Å². The first kappa shape index (κ1) is 12.2. The Bertz CT molecular complexity index is 528. The van der Waals surface area contributed by atoms with Crippen LogP contribution in [0.2, 0.25) is 0 Å². The SMILES string of the molecule is C[C@H](NC(=O)c1c(N)cnn1C)c1ccccc1. The van der Waals surface area contributed by atoms with Crippen molar-refractivity contribution < 1.29 is 4.79 Å². The Labute approximate surface area is 106 Å². The number of carbonyl (C=O) groups excluding carboxylic acids is 1. The Morgan fingerprint density at radius 3 is 2.61 bits per heavy atom. The molecule has 1 aromatic heterocycles. The summed E-state index contributed by atoms with van der Waals surface area (Å²) in [6.07, 6.45) is 1.47. The molecule has 0 radical (unpaired) electrons. The van der Waals surface area contributed by atoms with E-state index in [4.69, 9.17) is 5.73 Å². The van der Waals surface area contributed by atoms with E-state index in [0.717, 1.165) is 5.56 Å². The van der Waals surface area contributed by atoms with Gasteiger partial charge in [-0.25, -0.2) is 0 Å². The Hall–Kier alpha value is -2.30. The lowest BCUT2D eigenvalue weighted by molar-refractivity contribution is 0.0931. The number of aryl methyl sites for hydroxylation is 1. The summed E-state index contributed by atoms with van der Waals surface area (Å²) in [7, 11) is 1.69. The molecule has 0 aliphatic carbocycles. The van der Waals surface area contributed by atoms with Crippen LogP contribution in [0, 0.1) is 0 Å². The van der Waals surface area contributed by atoms with Crippen LogP contribution in [0.1, 0.15) is 29.0 Å². The largest absolute Gasteiger partial charge is 0.396 e. The fraction of sp³-hybridized carbons (Fsp3) is 0.231. The molecule has 5 heteroatoms. The molecular formula is C13H16N4O. The molecular weight excluding hydrogens is 228 g/mol. The topological polar surface area (TPSA) is 72.9 Å². The van der Waals surface area contributed by atoms with E-state index in [1.165, 1.54) is 10.9 Å². The first-order chi connectivity index (χ1) is 8.59. The number of carbonyl (C=O) groups is 1. The summed E-state index contributed by atoms with van der Waals surface area (Å²) in [5.41, 5.74) is 7.53. The highest BCUT2D eigenvalue weighted by Gasteiger charge is 2.17. The van der Waals surface area contributed by atoms with Gasteiger partial charge < -0.3 is 11.1 Å². The van der Waals surface area contributed by atoms with Gasteiger partial charge in [0.15, 0.2) is 0 Å². The first-order valence-electron chi connectivity index (χ1n) is 5.73. The van der Waals surface area contributed by atoms with Gasteiger partial charge in [0.2, 0.25) is 0 Å². The van der Waals surface area contributed by atoms with Crippen molar-refractivity contribution in [1.82, 2.24) is 15.1 Å². The Morgan fingerprint density at radius 1 is 1.39 bits per heavy atom. The van der Waals surface area contributed by atoms with E-state index in [9.17, 15) is 4.79 Å². The fourth-order valence-electron chi connectivity index (χ4n) is 1.82. The van der Waals surface area contributed by atoms with Gasteiger partial charge in [-0.15, -0.1) is 0 Å². The van der Waals surface area contributed by atoms with Crippen LogP contribution in [0.3, 0.4) is 0 Å². The summed E-state index contributed by atoms with van der Waals surface area (Å²) < 4.78 is 1.47. The number of nitrogens with zero attached hydrogens (tertiary/aromatic N) is 2. The molecule has 0 aliphatic rings. The second-order valence-corrected chi connectivity index (χ2v) is 4.18. The van der Waals surface area contributed by atoms with Crippen molar-refractivity contribution >= 4 is 11.6 Å². The standard InChI is InChI=1S/C13H16N4O/c1-9(10-6-4-3-5-7-10)16-13(18)12-11(14)8-15-17(12)2/h3-9H,14H2,1-2H3,(H,16,18)/t9-/m0/s1. The molecule has 0 bridgehead atoms. The zero-order chi connectivity index (χ0) is 13.1. The number of anilines is 1. The van der Waals surface area contributed by atoms with Crippen molar-refractivity contribution in [3.8, 4) is 0 Å². The number of aromatic nitrogens is 2. The quantitative estimate of drug-likeness (QED) is 0.859. The molecule has 0 fully saturated rings. The van der Waals surface area contributed by atoms with E-state index in [2.05, 4.69) is 10.4 Å². The maximum absolute atomic E-state index is 12.1. The van der Waals surface area contributed by atoms with E-state index >= 15 is 0 Å². The Balaban J connectivity index is 2.13. The summed E-state index contributed by atoms with van der Waals surface area (Å²) in [4.78, 5) is 12.1. The third-order valence-corrected chi connectivity index (χ3v) is 2.83. The molecule has 1 heterocycles. The first-order valence-corrected chi connectivity index (χ1v) is 5.73. The molecule has 1 amide bonds. The number of hydrogen-bond acceptors (Lipinski definition) is 3. The van der Waals surface area contributed by atoms with Gasteiger partial charge in [-0.05, 0) is 12.5 Å². The third kappa shape index (κ3) is 2.34. The van der Waals surface area contributed by atoms with E-state index in [-0.39, 0.29) is 11.9 Å². The number of benzene rings is 1. The maximum atomic E-state index is 12.1. The van der Waals surface area contributed by atoms with Crippen molar-refractivity contribution in [3.63, 3.8) is 0 Å². The zero-order valence-electron chi connectivity index (χ0n) is 10.4. The van der Waals surface area contributed by atoms with Gasteiger partial charge in [0.05, 0.1) is 17.9 Å². The normalized spacial score (nSPS) is 12.1. The van der Waals surface area contributed by atoms with Gasteiger partial charge >= 0.3 is 0 Å². The highest BCUT2D eigenvalue weighted by atomic mass is 16.2. The number of hydrogen-bond donors (Lipinski definition) is 2. The number of amides is 1. The molecule has 1 aromatic carbocycles. The van der Waals surface area contributed by atoms with Crippen LogP contribution in [-0.4, -0.2) is 15.7 Å². The minimum atomic E-state index is -0.219. The molecule has 18 heavy (non-hydrogen) atoms. The molecule has 0 spiro atoms. The van der Waals surface area contributed by atoms with Crippen LogP contribution in [0.4, 0.5) is 5.69 Å². The lowest BCUT2D eigenvalue weighted by atomic mass is 10.1. The lowest BCUT2D eigenvalue weighted by Crippen LogP contribution is -2.29. The fourth-order valence-corrected chi connectivity index (χ4v) is 1.82. The van der Waals surface area contributed by atoms with E-state index in [1.807, 2.05) is 37.3 Å². The maximum Gasteiger partial charge on any atom is 0.272 e. The van der Waals surface area contributed by atoms with Crippen LogP contribution in [-0.2, 0) is 7.05 Å². The van der Waals surface area contributed by atoms with Gasteiger partial charge in [-0.1, -0.05) is 30.3 Å². The molecule has 5 nitrogen and oxygen atoms in total. The monoisotopic (exact) mass is 244 g/mol. The van der Waals surface area contributed by atoms with Gasteiger partial charge in [0.1, 0.15) is 5.69 Å². The van der Waals surface area contributed by atoms with Gasteiger partial charge in [-0.2, -0.15) is 5.10 Å². The van der Waals surface area contributed by atoms with E-state index in [0.29, 0.717) is 11.4 Å². The van der Waals surface area contributed by atoms with E-state index in [1.54, 1.807) is 7.05 Å². The van der Waals surface area contributed by atoms with Crippen LogP contribution in [0.15, 0.2) is 36.5 Å². The van der Waals surface area contributed by atoms with Gasteiger partial charge in [0, 0.05) is 7.05 Å². The highest BCUT2D eigenvalue weighted by molar-refractivity contribution is 5.97. The lowest BCUT2D eigenvalue weighted by Gasteiger charge is -2.14. The zero-order valence-corrected chi connectivity index (χ0v) is 10.4. The van der Waals surface area contributed by atoms with Gasteiger partial charge in [0.25, 0.3) is 5.91 Å². The molecule has 0 unspecified atom stereocenters. The molecule has 3 N–H and O–H groups in total. The average Bonchev–Trinajstić information content (AvgIpc) is 2.70. The number of nitrogens with one attached hydrogen (secondary N) is 1. The smallest absolute Gasteiger partial charge is 0.272 e. The molecule has 1 atom stereocenters. The van der Waals surface area contributed by atoms with Crippen LogP contribution >= 0.6 is 0 Å². The van der Waals surface area contributed by atoms with Crippen LogP contribution in [0.25, 0.3) is 0 Å². The second kappa shape index (κ2) is 4.91.